The van der Waals surface area contributed by atoms with Gasteiger partial charge in [0, 0.05) is 5.56 Å². The Morgan fingerprint density at radius 2 is 1.62 bits per heavy atom. The first-order chi connectivity index (χ1) is 12.6. The molecule has 0 bridgehead atoms. The van der Waals surface area contributed by atoms with Gasteiger partial charge in [0.2, 0.25) is 5.78 Å². The highest BCUT2D eigenvalue weighted by atomic mass is 16.5. The number of benzene rings is 3. The first-order valence-electron chi connectivity index (χ1n) is 8.56. The van der Waals surface area contributed by atoms with Crippen molar-refractivity contribution in [2.45, 2.75) is 20.0 Å². The highest BCUT2D eigenvalue weighted by Gasteiger charge is 2.21. The smallest absolute Gasteiger partial charge is 0.339 e. The summed E-state index contributed by atoms with van der Waals surface area (Å²) in [5.41, 5.74) is 0.932. The van der Waals surface area contributed by atoms with E-state index in [-0.39, 0.29) is 5.78 Å². The minimum absolute atomic E-state index is 0.248. The van der Waals surface area contributed by atoms with E-state index in [0.29, 0.717) is 23.5 Å². The summed E-state index contributed by atoms with van der Waals surface area (Å²) < 4.78 is 10.8. The summed E-state index contributed by atoms with van der Waals surface area (Å²) >= 11 is 0. The molecule has 4 nitrogen and oxygen atoms in total. The topological polar surface area (TPSA) is 52.6 Å². The zero-order valence-corrected chi connectivity index (χ0v) is 14.8. The third kappa shape index (κ3) is 3.75. The van der Waals surface area contributed by atoms with Crippen molar-refractivity contribution in [3.63, 3.8) is 0 Å². The van der Waals surface area contributed by atoms with Crippen molar-refractivity contribution in [1.82, 2.24) is 0 Å². The van der Waals surface area contributed by atoms with Gasteiger partial charge in [-0.25, -0.2) is 4.79 Å². The summed E-state index contributed by atoms with van der Waals surface area (Å²) in [6.07, 6.45) is -0.876. The molecule has 0 fully saturated rings. The molecule has 0 unspecified atom stereocenters. The summed E-state index contributed by atoms with van der Waals surface area (Å²) in [6.45, 7) is 4.04. The molecular formula is C22H20O4. The van der Waals surface area contributed by atoms with Gasteiger partial charge in [-0.1, -0.05) is 36.4 Å². The lowest BCUT2D eigenvalue weighted by Gasteiger charge is -2.14. The van der Waals surface area contributed by atoms with Crippen molar-refractivity contribution in [2.24, 2.45) is 0 Å². The molecular weight excluding hydrogens is 328 g/mol. The van der Waals surface area contributed by atoms with Crippen molar-refractivity contribution in [3.05, 3.63) is 77.9 Å². The highest BCUT2D eigenvalue weighted by molar-refractivity contribution is 6.06. The number of carbonyl (C=O) groups is 2. The first-order valence-corrected chi connectivity index (χ1v) is 8.56. The van der Waals surface area contributed by atoms with Crippen LogP contribution in [0.3, 0.4) is 0 Å². The molecule has 26 heavy (non-hydrogen) atoms. The molecule has 3 rings (SSSR count). The quantitative estimate of drug-likeness (QED) is 0.480. The Kier molecular flexibility index (Phi) is 5.32. The molecule has 1 atom stereocenters. The van der Waals surface area contributed by atoms with Crippen LogP contribution in [0.4, 0.5) is 0 Å². The van der Waals surface area contributed by atoms with Crippen molar-refractivity contribution >= 4 is 22.5 Å². The lowest BCUT2D eigenvalue weighted by Crippen LogP contribution is -2.24. The predicted octanol–water partition coefficient (Wildman–Crippen LogP) is 4.67. The normalized spacial score (nSPS) is 11.8. The van der Waals surface area contributed by atoms with Crippen LogP contribution in [0.2, 0.25) is 0 Å². The number of fused-ring (bicyclic) bond motifs is 1. The second-order valence-corrected chi connectivity index (χ2v) is 5.90. The largest absolute Gasteiger partial charge is 0.494 e. The van der Waals surface area contributed by atoms with Crippen molar-refractivity contribution in [3.8, 4) is 5.75 Å². The van der Waals surface area contributed by atoms with E-state index in [1.54, 1.807) is 43.3 Å². The molecule has 0 N–H and O–H groups in total. The number of ketones is 1. The Balaban J connectivity index is 1.75. The minimum atomic E-state index is -0.876. The molecule has 3 aromatic rings. The number of rotatable bonds is 6. The number of carbonyl (C=O) groups excluding carboxylic acids is 2. The fraction of sp³-hybridized carbons (Fsp3) is 0.182. The van der Waals surface area contributed by atoms with Crippen molar-refractivity contribution < 1.29 is 19.1 Å². The number of ether oxygens (including phenoxy) is 2. The SMILES string of the molecule is CCOc1ccc(C(=O)[C@H](C)OC(=O)c2cccc3ccccc23)cc1. The maximum atomic E-state index is 12.5. The Hall–Kier alpha value is -3.14. The highest BCUT2D eigenvalue weighted by Crippen LogP contribution is 2.20. The Morgan fingerprint density at radius 1 is 0.923 bits per heavy atom. The lowest BCUT2D eigenvalue weighted by atomic mass is 10.0. The van der Waals surface area contributed by atoms with Crippen LogP contribution < -0.4 is 4.74 Å². The van der Waals surface area contributed by atoms with Gasteiger partial charge in [-0.2, -0.15) is 0 Å². The summed E-state index contributed by atoms with van der Waals surface area (Å²) in [6, 6.07) is 19.8. The number of hydrogen-bond acceptors (Lipinski definition) is 4. The Labute approximate surface area is 152 Å². The maximum absolute atomic E-state index is 12.5. The van der Waals surface area contributed by atoms with E-state index in [9.17, 15) is 9.59 Å². The zero-order chi connectivity index (χ0) is 18.5. The van der Waals surface area contributed by atoms with Crippen LogP contribution in [-0.2, 0) is 4.74 Å². The molecule has 0 amide bonds. The molecule has 132 valence electrons. The first kappa shape index (κ1) is 17.7. The van der Waals surface area contributed by atoms with Crippen LogP contribution in [0.5, 0.6) is 5.75 Å². The van der Waals surface area contributed by atoms with Crippen molar-refractivity contribution in [2.75, 3.05) is 6.61 Å². The Bertz CT molecular complexity index is 923. The van der Waals surface area contributed by atoms with E-state index in [1.807, 2.05) is 37.3 Å². The summed E-state index contributed by atoms with van der Waals surface area (Å²) in [5, 5.41) is 1.76. The van der Waals surface area contributed by atoms with Gasteiger partial charge in [0.25, 0.3) is 0 Å². The van der Waals surface area contributed by atoms with Crippen molar-refractivity contribution in [1.29, 1.82) is 0 Å². The molecule has 0 saturated heterocycles. The van der Waals surface area contributed by atoms with Crippen LogP contribution in [0.25, 0.3) is 10.8 Å². The molecule has 0 radical (unpaired) electrons. The molecule has 0 aliphatic heterocycles. The second-order valence-electron chi connectivity index (χ2n) is 5.90. The maximum Gasteiger partial charge on any atom is 0.339 e. The van der Waals surface area contributed by atoms with Gasteiger partial charge in [-0.05, 0) is 55.0 Å². The van der Waals surface area contributed by atoms with Crippen LogP contribution in [0.15, 0.2) is 66.7 Å². The van der Waals surface area contributed by atoms with Gasteiger partial charge in [-0.3, -0.25) is 4.79 Å². The summed E-state index contributed by atoms with van der Waals surface area (Å²) in [5.74, 6) is -0.0559. The molecule has 0 aliphatic carbocycles. The molecule has 3 aromatic carbocycles. The standard InChI is InChI=1S/C22H20O4/c1-3-25-18-13-11-17(12-14-18)21(23)15(2)26-22(24)20-10-6-8-16-7-4-5-9-19(16)20/h4-15H,3H2,1-2H3/t15-/m0/s1. The van der Waals surface area contributed by atoms with E-state index in [0.717, 1.165) is 10.8 Å². The van der Waals surface area contributed by atoms with Gasteiger partial charge < -0.3 is 9.47 Å². The number of Topliss-reactive ketones (excluding diaryl/α,β-unsaturated/α-hetero) is 1. The van der Waals surface area contributed by atoms with Crippen LogP contribution in [0, 0.1) is 0 Å². The van der Waals surface area contributed by atoms with Crippen LogP contribution in [0.1, 0.15) is 34.6 Å². The average molecular weight is 348 g/mol. The van der Waals surface area contributed by atoms with Gasteiger partial charge in [0.15, 0.2) is 6.10 Å². The molecule has 4 heteroatoms. The molecule has 0 spiro atoms. The monoisotopic (exact) mass is 348 g/mol. The van der Waals surface area contributed by atoms with E-state index in [2.05, 4.69) is 0 Å². The second kappa shape index (κ2) is 7.83. The third-order valence-corrected chi connectivity index (χ3v) is 4.11. The molecule has 0 heterocycles. The van der Waals surface area contributed by atoms with Crippen LogP contribution >= 0.6 is 0 Å². The summed E-state index contributed by atoms with van der Waals surface area (Å²) in [7, 11) is 0. The van der Waals surface area contributed by atoms with Gasteiger partial charge in [0.1, 0.15) is 5.75 Å². The third-order valence-electron chi connectivity index (χ3n) is 4.11. The van der Waals surface area contributed by atoms with Crippen LogP contribution in [-0.4, -0.2) is 24.5 Å². The fourth-order valence-corrected chi connectivity index (χ4v) is 2.80. The van der Waals surface area contributed by atoms with E-state index >= 15 is 0 Å². The van der Waals surface area contributed by atoms with Gasteiger partial charge >= 0.3 is 5.97 Å². The van der Waals surface area contributed by atoms with Gasteiger partial charge in [-0.15, -0.1) is 0 Å². The van der Waals surface area contributed by atoms with E-state index < -0.39 is 12.1 Å². The van der Waals surface area contributed by atoms with E-state index in [1.165, 1.54) is 0 Å². The predicted molar refractivity (Wildman–Crippen MR) is 101 cm³/mol. The van der Waals surface area contributed by atoms with Gasteiger partial charge in [0.05, 0.1) is 12.2 Å². The minimum Gasteiger partial charge on any atom is -0.494 e. The van der Waals surface area contributed by atoms with E-state index in [4.69, 9.17) is 9.47 Å². The fourth-order valence-electron chi connectivity index (χ4n) is 2.80. The zero-order valence-electron chi connectivity index (χ0n) is 14.8. The summed E-state index contributed by atoms with van der Waals surface area (Å²) in [4.78, 5) is 25.1. The Morgan fingerprint density at radius 3 is 2.35 bits per heavy atom. The lowest BCUT2D eigenvalue weighted by molar-refractivity contribution is 0.0320. The number of hydrogen-bond donors (Lipinski definition) is 0. The molecule has 0 aromatic heterocycles. The number of esters is 1. The average Bonchev–Trinajstić information content (AvgIpc) is 2.67. The molecule has 0 saturated carbocycles. The molecule has 0 aliphatic rings.